The zero-order valence-corrected chi connectivity index (χ0v) is 18.1. The lowest BCUT2D eigenvalue weighted by Crippen LogP contribution is -2.31. The second kappa shape index (κ2) is 8.16. The van der Waals surface area contributed by atoms with Crippen molar-refractivity contribution in [2.45, 2.75) is 18.9 Å². The van der Waals surface area contributed by atoms with E-state index in [0.29, 0.717) is 16.1 Å². The highest BCUT2D eigenvalue weighted by molar-refractivity contribution is 7.12. The normalized spacial score (nSPS) is 18.6. The van der Waals surface area contributed by atoms with Gasteiger partial charge in [0.2, 0.25) is 5.78 Å². The van der Waals surface area contributed by atoms with E-state index in [1.807, 2.05) is 24.3 Å². The number of aliphatic hydroxyl groups is 1. The molecule has 1 saturated heterocycles. The minimum absolute atomic E-state index is 0.0201. The van der Waals surface area contributed by atoms with Crippen LogP contribution in [-0.4, -0.2) is 35.0 Å². The molecule has 0 spiro atoms. The fraction of sp³-hybridized carbons (Fsp3) is 0.200. The van der Waals surface area contributed by atoms with Crippen LogP contribution in [0.1, 0.15) is 34.1 Å². The molecular formula is C25H22N2O4S. The lowest BCUT2D eigenvalue weighted by atomic mass is 9.95. The molecule has 0 saturated carbocycles. The molecule has 2 N–H and O–H groups in total. The molecule has 7 heteroatoms. The van der Waals surface area contributed by atoms with Crippen LogP contribution in [0.2, 0.25) is 0 Å². The number of carbonyl (C=O) groups is 2. The molecule has 3 heterocycles. The number of anilines is 2. The van der Waals surface area contributed by atoms with Crippen molar-refractivity contribution in [2.75, 3.05) is 22.9 Å². The summed E-state index contributed by atoms with van der Waals surface area (Å²) in [6.07, 6.45) is 2.33. The Kier molecular flexibility index (Phi) is 5.19. The van der Waals surface area contributed by atoms with Gasteiger partial charge in [0.05, 0.1) is 16.5 Å². The van der Waals surface area contributed by atoms with Crippen molar-refractivity contribution in [3.05, 3.63) is 87.8 Å². The number of Topliss-reactive ketones (excluding diaryl/α,β-unsaturated/α-hetero) is 1. The first-order chi connectivity index (χ1) is 15.5. The van der Waals surface area contributed by atoms with E-state index in [4.69, 9.17) is 0 Å². The van der Waals surface area contributed by atoms with Gasteiger partial charge in [-0.05, 0) is 66.2 Å². The minimum Gasteiger partial charge on any atom is -0.508 e. The van der Waals surface area contributed by atoms with Crippen LogP contribution in [0.5, 0.6) is 5.75 Å². The van der Waals surface area contributed by atoms with E-state index >= 15 is 0 Å². The molecule has 162 valence electrons. The number of carbonyl (C=O) groups excluding carboxylic acids is 2. The Bertz CT molecular complexity index is 1190. The maximum Gasteiger partial charge on any atom is 0.294 e. The number of ketones is 1. The molecule has 1 atom stereocenters. The largest absolute Gasteiger partial charge is 0.508 e. The van der Waals surface area contributed by atoms with Gasteiger partial charge in [0.1, 0.15) is 5.75 Å². The van der Waals surface area contributed by atoms with E-state index in [0.717, 1.165) is 31.6 Å². The number of nitrogens with zero attached hydrogens (tertiary/aromatic N) is 2. The summed E-state index contributed by atoms with van der Waals surface area (Å²) in [6.45, 7) is 2.02. The minimum atomic E-state index is -0.846. The third-order valence-electron chi connectivity index (χ3n) is 5.98. The number of amides is 1. The van der Waals surface area contributed by atoms with E-state index < -0.39 is 23.5 Å². The fourth-order valence-electron chi connectivity index (χ4n) is 4.45. The molecule has 5 rings (SSSR count). The van der Waals surface area contributed by atoms with Gasteiger partial charge in [0.15, 0.2) is 5.76 Å². The van der Waals surface area contributed by atoms with Crippen LogP contribution in [0.15, 0.2) is 77.4 Å². The number of rotatable bonds is 5. The smallest absolute Gasteiger partial charge is 0.294 e. The highest BCUT2D eigenvalue weighted by atomic mass is 32.1. The lowest BCUT2D eigenvalue weighted by molar-refractivity contribution is -0.117. The number of aromatic hydroxyl groups is 1. The van der Waals surface area contributed by atoms with Gasteiger partial charge < -0.3 is 15.1 Å². The predicted molar refractivity (Wildman–Crippen MR) is 125 cm³/mol. The van der Waals surface area contributed by atoms with Gasteiger partial charge in [-0.3, -0.25) is 14.5 Å². The van der Waals surface area contributed by atoms with E-state index in [9.17, 15) is 19.8 Å². The quantitative estimate of drug-likeness (QED) is 0.549. The summed E-state index contributed by atoms with van der Waals surface area (Å²) < 4.78 is 0. The van der Waals surface area contributed by atoms with E-state index in [-0.39, 0.29) is 11.3 Å². The first-order valence-corrected chi connectivity index (χ1v) is 11.4. The van der Waals surface area contributed by atoms with Crippen molar-refractivity contribution in [1.29, 1.82) is 0 Å². The van der Waals surface area contributed by atoms with Gasteiger partial charge in [-0.25, -0.2) is 0 Å². The van der Waals surface area contributed by atoms with Crippen molar-refractivity contribution < 1.29 is 19.8 Å². The number of hydrogen-bond acceptors (Lipinski definition) is 6. The molecule has 2 aliphatic rings. The fourth-order valence-corrected chi connectivity index (χ4v) is 5.13. The van der Waals surface area contributed by atoms with Crippen LogP contribution in [0.4, 0.5) is 11.4 Å². The second-order valence-corrected chi connectivity index (χ2v) is 8.90. The third-order valence-corrected chi connectivity index (χ3v) is 6.85. The highest BCUT2D eigenvalue weighted by Gasteiger charge is 2.45. The monoisotopic (exact) mass is 446 g/mol. The lowest BCUT2D eigenvalue weighted by Gasteiger charge is -2.27. The topological polar surface area (TPSA) is 81.1 Å². The molecule has 0 aliphatic carbocycles. The second-order valence-electron chi connectivity index (χ2n) is 7.95. The van der Waals surface area contributed by atoms with Crippen LogP contribution in [0.25, 0.3) is 0 Å². The average Bonchev–Trinajstić information content (AvgIpc) is 3.56. The van der Waals surface area contributed by atoms with Gasteiger partial charge in [0, 0.05) is 24.5 Å². The molecule has 0 bridgehead atoms. The molecule has 1 aromatic heterocycles. The zero-order valence-electron chi connectivity index (χ0n) is 17.3. The van der Waals surface area contributed by atoms with Crippen LogP contribution >= 0.6 is 11.3 Å². The van der Waals surface area contributed by atoms with Gasteiger partial charge in [-0.2, -0.15) is 0 Å². The van der Waals surface area contributed by atoms with Crippen LogP contribution in [-0.2, 0) is 4.79 Å². The summed E-state index contributed by atoms with van der Waals surface area (Å²) >= 11 is 1.26. The average molecular weight is 447 g/mol. The third kappa shape index (κ3) is 3.44. The van der Waals surface area contributed by atoms with Crippen molar-refractivity contribution in [1.82, 2.24) is 0 Å². The van der Waals surface area contributed by atoms with E-state index in [1.54, 1.807) is 29.6 Å². The standard InChI is InChI=1S/C25H22N2O4S/c28-19-6-3-5-16(15-19)22-21(23(29)20-7-4-14-32-20)24(30)25(31)27(22)18-10-8-17(9-11-18)26-12-1-2-13-26/h3-11,14-15,22,28,30H,1-2,12-13H2. The van der Waals surface area contributed by atoms with Gasteiger partial charge >= 0.3 is 0 Å². The summed E-state index contributed by atoms with van der Waals surface area (Å²) in [7, 11) is 0. The van der Waals surface area contributed by atoms with Crippen molar-refractivity contribution in [3.8, 4) is 5.75 Å². The summed E-state index contributed by atoms with van der Waals surface area (Å²) in [6, 6.07) is 16.6. The molecule has 6 nitrogen and oxygen atoms in total. The van der Waals surface area contributed by atoms with Crippen molar-refractivity contribution in [2.24, 2.45) is 0 Å². The number of aliphatic hydroxyl groups excluding tert-OH is 1. The van der Waals surface area contributed by atoms with Gasteiger partial charge in [-0.1, -0.05) is 18.2 Å². The number of phenols is 1. The van der Waals surface area contributed by atoms with Crippen LogP contribution in [0.3, 0.4) is 0 Å². The summed E-state index contributed by atoms with van der Waals surface area (Å²) in [4.78, 5) is 30.6. The first kappa shape index (κ1) is 20.3. The molecule has 1 fully saturated rings. The molecular weight excluding hydrogens is 424 g/mol. The Hall–Kier alpha value is -3.58. The van der Waals surface area contributed by atoms with Crippen molar-refractivity contribution in [3.63, 3.8) is 0 Å². The maximum atomic E-state index is 13.3. The molecule has 1 amide bonds. The summed E-state index contributed by atoms with van der Waals surface area (Å²) in [5.41, 5.74) is 2.23. The van der Waals surface area contributed by atoms with Crippen LogP contribution in [0, 0.1) is 0 Å². The Morgan fingerprint density at radius 2 is 1.66 bits per heavy atom. The van der Waals surface area contributed by atoms with Crippen molar-refractivity contribution >= 4 is 34.4 Å². The molecule has 3 aromatic rings. The molecule has 2 aliphatic heterocycles. The molecule has 32 heavy (non-hydrogen) atoms. The zero-order chi connectivity index (χ0) is 22.2. The predicted octanol–water partition coefficient (Wildman–Crippen LogP) is 4.84. The van der Waals surface area contributed by atoms with Gasteiger partial charge in [-0.15, -0.1) is 11.3 Å². The number of thiophene rings is 1. The summed E-state index contributed by atoms with van der Waals surface area (Å²) in [5.74, 6) is -1.56. The Labute approximate surface area is 189 Å². The van der Waals surface area contributed by atoms with E-state index in [1.165, 1.54) is 28.4 Å². The Morgan fingerprint density at radius 3 is 2.31 bits per heavy atom. The maximum absolute atomic E-state index is 13.3. The molecule has 1 unspecified atom stereocenters. The Morgan fingerprint density at radius 1 is 0.938 bits per heavy atom. The van der Waals surface area contributed by atoms with Crippen LogP contribution < -0.4 is 9.80 Å². The SMILES string of the molecule is O=C(C1=C(O)C(=O)N(c2ccc(N3CCCC3)cc2)C1c1cccc(O)c1)c1cccs1. The van der Waals surface area contributed by atoms with E-state index in [2.05, 4.69) is 4.90 Å². The number of hydrogen-bond donors (Lipinski definition) is 2. The Balaban J connectivity index is 1.58. The number of phenolic OH excluding ortho intramolecular Hbond substituents is 1. The first-order valence-electron chi connectivity index (χ1n) is 10.5. The number of benzene rings is 2. The molecule has 0 radical (unpaired) electrons. The highest BCUT2D eigenvalue weighted by Crippen LogP contribution is 2.43. The molecule has 2 aromatic carbocycles. The van der Waals surface area contributed by atoms with Gasteiger partial charge in [0.25, 0.3) is 5.91 Å². The summed E-state index contributed by atoms with van der Waals surface area (Å²) in [5, 5.41) is 22.6.